The van der Waals surface area contributed by atoms with Gasteiger partial charge in [0, 0.05) is 12.0 Å². The summed E-state index contributed by atoms with van der Waals surface area (Å²) in [6.07, 6.45) is 1.15. The second-order valence-corrected chi connectivity index (χ2v) is 6.95. The number of ketones is 1. The summed E-state index contributed by atoms with van der Waals surface area (Å²) < 4.78 is 34.9. The van der Waals surface area contributed by atoms with Crippen LogP contribution < -0.4 is 0 Å². The minimum absolute atomic E-state index is 0.0300. The van der Waals surface area contributed by atoms with Gasteiger partial charge in [-0.2, -0.15) is 11.8 Å². The van der Waals surface area contributed by atoms with Crippen LogP contribution in [0.2, 0.25) is 0 Å². The van der Waals surface area contributed by atoms with Gasteiger partial charge < -0.3 is 0 Å². The van der Waals surface area contributed by atoms with Gasteiger partial charge in [0.25, 0.3) is 0 Å². The Kier molecular flexibility index (Phi) is 5.14. The average molecular weight is 276 g/mol. The highest BCUT2D eigenvalue weighted by Gasteiger charge is 2.11. The Labute approximate surface area is 104 Å². The Morgan fingerprint density at radius 3 is 2.59 bits per heavy atom. The zero-order valence-electron chi connectivity index (χ0n) is 9.35. The van der Waals surface area contributed by atoms with Crippen LogP contribution in [0.25, 0.3) is 0 Å². The number of thioether (sulfide) groups is 1. The second-order valence-electron chi connectivity index (χ2n) is 3.59. The molecular formula is C11H13FO3S2. The molecule has 0 atom stereocenters. The number of carbonyl (C=O) groups is 1. The van der Waals surface area contributed by atoms with Gasteiger partial charge >= 0.3 is 0 Å². The quantitative estimate of drug-likeness (QED) is 0.587. The van der Waals surface area contributed by atoms with Crippen LogP contribution >= 0.6 is 11.8 Å². The van der Waals surface area contributed by atoms with Crippen molar-refractivity contribution in [1.82, 2.24) is 0 Å². The molecule has 1 aromatic carbocycles. The summed E-state index contributed by atoms with van der Waals surface area (Å²) in [4.78, 5) is 11.6. The fourth-order valence-electron chi connectivity index (χ4n) is 1.14. The molecule has 6 heteroatoms. The van der Waals surface area contributed by atoms with Gasteiger partial charge in [-0.15, -0.1) is 0 Å². The van der Waals surface area contributed by atoms with Crippen LogP contribution in [0.15, 0.2) is 24.3 Å². The molecule has 0 amide bonds. The molecule has 0 saturated carbocycles. The SMILES string of the molecule is CS(=O)(=O)CCSCC(=O)c1ccccc1F. The first kappa shape index (κ1) is 14.2. The molecule has 0 heterocycles. The molecule has 1 rings (SSSR count). The number of rotatable bonds is 6. The van der Waals surface area contributed by atoms with Gasteiger partial charge in [0.2, 0.25) is 0 Å². The molecule has 0 aromatic heterocycles. The smallest absolute Gasteiger partial charge is 0.175 e. The highest BCUT2D eigenvalue weighted by molar-refractivity contribution is 8.01. The summed E-state index contributed by atoms with van der Waals surface area (Å²) in [5, 5.41) is 0. The number of halogens is 1. The number of Topliss-reactive ketones (excluding diaryl/α,β-unsaturated/α-hetero) is 1. The normalized spacial score (nSPS) is 11.4. The standard InChI is InChI=1S/C11H13FO3S2/c1-17(14,15)7-6-16-8-11(13)9-4-2-3-5-10(9)12/h2-5H,6-8H2,1H3. The Morgan fingerprint density at radius 1 is 1.35 bits per heavy atom. The van der Waals surface area contributed by atoms with Crippen LogP contribution in [-0.2, 0) is 9.84 Å². The molecule has 0 radical (unpaired) electrons. The molecule has 0 unspecified atom stereocenters. The van der Waals surface area contributed by atoms with Crippen LogP contribution in [0.5, 0.6) is 0 Å². The van der Waals surface area contributed by atoms with Crippen LogP contribution in [0.1, 0.15) is 10.4 Å². The van der Waals surface area contributed by atoms with Crippen molar-refractivity contribution in [2.45, 2.75) is 0 Å². The third-order valence-electron chi connectivity index (χ3n) is 2.01. The molecule has 0 aliphatic heterocycles. The summed E-state index contributed by atoms with van der Waals surface area (Å²) in [5.41, 5.74) is 0.0550. The number of benzene rings is 1. The third kappa shape index (κ3) is 5.32. The highest BCUT2D eigenvalue weighted by atomic mass is 32.2. The van der Waals surface area contributed by atoms with Gasteiger partial charge in [0.05, 0.1) is 17.1 Å². The van der Waals surface area contributed by atoms with E-state index in [1.54, 1.807) is 6.07 Å². The number of hydrogen-bond acceptors (Lipinski definition) is 4. The molecule has 0 saturated heterocycles. The molecule has 3 nitrogen and oxygen atoms in total. The lowest BCUT2D eigenvalue weighted by Crippen LogP contribution is -2.09. The van der Waals surface area contributed by atoms with Crippen LogP contribution in [0.3, 0.4) is 0 Å². The minimum atomic E-state index is -3.00. The van der Waals surface area contributed by atoms with Crippen molar-refractivity contribution in [3.8, 4) is 0 Å². The fourth-order valence-corrected chi connectivity index (χ4v) is 3.31. The van der Waals surface area contributed by atoms with Crippen molar-refractivity contribution < 1.29 is 17.6 Å². The Morgan fingerprint density at radius 2 is 2.00 bits per heavy atom. The lowest BCUT2D eigenvalue weighted by Gasteiger charge is -2.02. The van der Waals surface area contributed by atoms with Crippen LogP contribution in [0.4, 0.5) is 4.39 Å². The molecule has 0 N–H and O–H groups in total. The van der Waals surface area contributed by atoms with E-state index < -0.39 is 15.7 Å². The van der Waals surface area contributed by atoms with E-state index in [0.717, 1.165) is 6.26 Å². The number of hydrogen-bond donors (Lipinski definition) is 0. The largest absolute Gasteiger partial charge is 0.293 e. The van der Waals surface area contributed by atoms with Crippen LogP contribution in [0, 0.1) is 5.82 Å². The first-order valence-corrected chi connectivity index (χ1v) is 8.15. The zero-order chi connectivity index (χ0) is 12.9. The molecule has 0 aliphatic carbocycles. The van der Waals surface area contributed by atoms with E-state index in [1.807, 2.05) is 0 Å². The first-order chi connectivity index (χ1) is 7.90. The van der Waals surface area contributed by atoms with E-state index in [9.17, 15) is 17.6 Å². The van der Waals surface area contributed by atoms with Crippen LogP contribution in [-0.4, -0.2) is 37.7 Å². The van der Waals surface area contributed by atoms with E-state index in [0.29, 0.717) is 5.75 Å². The fraction of sp³-hybridized carbons (Fsp3) is 0.364. The monoisotopic (exact) mass is 276 g/mol. The average Bonchev–Trinajstić information content (AvgIpc) is 2.23. The molecule has 1 aromatic rings. The van der Waals surface area contributed by atoms with Crippen molar-refractivity contribution in [1.29, 1.82) is 0 Å². The Balaban J connectivity index is 2.44. The molecule has 0 bridgehead atoms. The topological polar surface area (TPSA) is 51.2 Å². The molecule has 17 heavy (non-hydrogen) atoms. The van der Waals surface area contributed by atoms with Gasteiger partial charge in [-0.1, -0.05) is 12.1 Å². The lowest BCUT2D eigenvalue weighted by atomic mass is 10.1. The summed E-state index contributed by atoms with van der Waals surface area (Å²) >= 11 is 1.20. The lowest BCUT2D eigenvalue weighted by molar-refractivity contribution is 0.101. The molecule has 94 valence electrons. The maximum absolute atomic E-state index is 13.2. The van der Waals surface area contributed by atoms with Gasteiger partial charge in [-0.3, -0.25) is 4.79 Å². The molecule has 0 fully saturated rings. The van der Waals surface area contributed by atoms with E-state index in [2.05, 4.69) is 0 Å². The van der Waals surface area contributed by atoms with Gasteiger partial charge in [0.15, 0.2) is 5.78 Å². The van der Waals surface area contributed by atoms with E-state index in [1.165, 1.54) is 30.0 Å². The molecule has 0 aliphatic rings. The Bertz CT molecular complexity index is 497. The maximum Gasteiger partial charge on any atom is 0.175 e. The van der Waals surface area contributed by atoms with Crippen molar-refractivity contribution in [2.75, 3.05) is 23.5 Å². The minimum Gasteiger partial charge on any atom is -0.293 e. The number of sulfone groups is 1. The summed E-state index contributed by atoms with van der Waals surface area (Å²) in [7, 11) is -3.00. The number of carbonyl (C=O) groups excluding carboxylic acids is 1. The molecule has 0 spiro atoms. The molecular weight excluding hydrogens is 263 g/mol. The van der Waals surface area contributed by atoms with Crippen molar-refractivity contribution >= 4 is 27.4 Å². The summed E-state index contributed by atoms with van der Waals surface area (Å²) in [5.74, 6) is -0.389. The van der Waals surface area contributed by atoms with Gasteiger partial charge in [0.1, 0.15) is 15.7 Å². The Hall–Kier alpha value is -0.880. The predicted molar refractivity (Wildman–Crippen MR) is 67.8 cm³/mol. The van der Waals surface area contributed by atoms with Crippen molar-refractivity contribution in [2.24, 2.45) is 0 Å². The van der Waals surface area contributed by atoms with Gasteiger partial charge in [-0.05, 0) is 12.1 Å². The zero-order valence-corrected chi connectivity index (χ0v) is 11.0. The summed E-state index contributed by atoms with van der Waals surface area (Å²) in [6, 6.07) is 5.77. The van der Waals surface area contributed by atoms with Gasteiger partial charge in [-0.25, -0.2) is 12.8 Å². The maximum atomic E-state index is 13.2. The van der Waals surface area contributed by atoms with E-state index in [-0.39, 0.29) is 22.9 Å². The summed E-state index contributed by atoms with van der Waals surface area (Å²) in [6.45, 7) is 0. The first-order valence-electron chi connectivity index (χ1n) is 4.93. The van der Waals surface area contributed by atoms with Crippen molar-refractivity contribution in [3.05, 3.63) is 35.6 Å². The van der Waals surface area contributed by atoms with E-state index >= 15 is 0 Å². The third-order valence-corrected chi connectivity index (χ3v) is 4.17. The van der Waals surface area contributed by atoms with E-state index in [4.69, 9.17) is 0 Å². The highest BCUT2D eigenvalue weighted by Crippen LogP contribution is 2.11. The van der Waals surface area contributed by atoms with Crippen molar-refractivity contribution in [3.63, 3.8) is 0 Å². The second kappa shape index (κ2) is 6.16. The predicted octanol–water partition coefficient (Wildman–Crippen LogP) is 1.79.